The Morgan fingerprint density at radius 2 is 2.27 bits per heavy atom. The largest absolute Gasteiger partial charge is 0.353 e. The summed E-state index contributed by atoms with van der Waals surface area (Å²) in [6.45, 7) is 2.15. The fourth-order valence-corrected chi connectivity index (χ4v) is 4.98. The van der Waals surface area contributed by atoms with Crippen LogP contribution in [-0.2, 0) is 10.5 Å². The lowest BCUT2D eigenvalue weighted by Crippen LogP contribution is -2.40. The molecule has 2 bridgehead atoms. The molecule has 0 aliphatic heterocycles. The lowest BCUT2D eigenvalue weighted by Gasteiger charge is -2.28. The van der Waals surface area contributed by atoms with Gasteiger partial charge in [-0.25, -0.2) is 4.39 Å². The number of fused-ring (bicyclic) bond motifs is 2. The number of carbonyl (C=O) groups is 1. The molecule has 0 aromatic heterocycles. The Hall–Kier alpha value is -1.03. The fourth-order valence-electron chi connectivity index (χ4n) is 4.20. The second kappa shape index (κ2) is 7.03. The summed E-state index contributed by atoms with van der Waals surface area (Å²) in [6.07, 6.45) is 5.41. The highest BCUT2D eigenvalue weighted by atomic mass is 32.2. The molecule has 1 aromatic rings. The van der Waals surface area contributed by atoms with Crippen LogP contribution in [0.4, 0.5) is 4.39 Å². The first-order chi connectivity index (χ1) is 10.6. The van der Waals surface area contributed by atoms with Crippen LogP contribution >= 0.6 is 11.8 Å². The van der Waals surface area contributed by atoms with Gasteiger partial charge in [0.15, 0.2) is 0 Å². The molecule has 0 saturated heterocycles. The van der Waals surface area contributed by atoms with Gasteiger partial charge in [0.2, 0.25) is 5.91 Å². The molecular formula is C18H24FNOS. The van der Waals surface area contributed by atoms with E-state index in [-0.39, 0.29) is 17.8 Å². The molecule has 0 heterocycles. The zero-order chi connectivity index (χ0) is 15.5. The van der Waals surface area contributed by atoms with E-state index in [4.69, 9.17) is 0 Å². The summed E-state index contributed by atoms with van der Waals surface area (Å²) >= 11 is 1.54. The highest BCUT2D eigenvalue weighted by Gasteiger charge is 2.42. The van der Waals surface area contributed by atoms with E-state index in [1.165, 1.54) is 37.8 Å². The van der Waals surface area contributed by atoms with Crippen LogP contribution in [0.1, 0.15) is 38.2 Å². The SMILES string of the molecule is CC(NC(=O)CSCc1cccc(F)c1)C1CC2CCC1C2. The van der Waals surface area contributed by atoms with E-state index in [0.717, 1.165) is 17.4 Å². The number of hydrogen-bond acceptors (Lipinski definition) is 2. The summed E-state index contributed by atoms with van der Waals surface area (Å²) in [5.41, 5.74) is 0.930. The monoisotopic (exact) mass is 321 g/mol. The van der Waals surface area contributed by atoms with E-state index in [9.17, 15) is 9.18 Å². The Bertz CT molecular complexity index is 536. The summed E-state index contributed by atoms with van der Waals surface area (Å²) in [7, 11) is 0. The molecule has 22 heavy (non-hydrogen) atoms. The number of hydrogen-bond donors (Lipinski definition) is 1. The Morgan fingerprint density at radius 3 is 2.95 bits per heavy atom. The van der Waals surface area contributed by atoms with Crippen molar-refractivity contribution in [2.45, 2.75) is 44.4 Å². The smallest absolute Gasteiger partial charge is 0.230 e. The van der Waals surface area contributed by atoms with Gasteiger partial charge in [0.25, 0.3) is 0 Å². The van der Waals surface area contributed by atoms with Crippen LogP contribution < -0.4 is 5.32 Å². The van der Waals surface area contributed by atoms with Crippen LogP contribution in [0.15, 0.2) is 24.3 Å². The van der Waals surface area contributed by atoms with E-state index < -0.39 is 0 Å². The maximum atomic E-state index is 13.1. The summed E-state index contributed by atoms with van der Waals surface area (Å²) in [6, 6.07) is 6.87. The Kier molecular flexibility index (Phi) is 5.07. The number of halogens is 1. The first-order valence-electron chi connectivity index (χ1n) is 8.23. The molecule has 0 spiro atoms. The molecule has 2 aliphatic rings. The normalized spacial score (nSPS) is 27.8. The Balaban J connectivity index is 1.39. The van der Waals surface area contributed by atoms with Crippen LogP contribution in [0.25, 0.3) is 0 Å². The van der Waals surface area contributed by atoms with Crippen molar-refractivity contribution in [3.05, 3.63) is 35.6 Å². The average molecular weight is 321 g/mol. The molecule has 2 saturated carbocycles. The number of amides is 1. The minimum absolute atomic E-state index is 0.108. The van der Waals surface area contributed by atoms with Gasteiger partial charge >= 0.3 is 0 Å². The maximum Gasteiger partial charge on any atom is 0.230 e. The average Bonchev–Trinajstić information content (AvgIpc) is 3.10. The quantitative estimate of drug-likeness (QED) is 0.858. The van der Waals surface area contributed by atoms with Crippen molar-refractivity contribution in [3.8, 4) is 0 Å². The van der Waals surface area contributed by atoms with Gasteiger partial charge in [-0.2, -0.15) is 0 Å². The summed E-state index contributed by atoms with van der Waals surface area (Å²) in [5, 5.41) is 3.17. The number of rotatable bonds is 6. The van der Waals surface area contributed by atoms with Crippen molar-refractivity contribution in [1.29, 1.82) is 0 Å². The van der Waals surface area contributed by atoms with Gasteiger partial charge in [0, 0.05) is 11.8 Å². The van der Waals surface area contributed by atoms with E-state index in [0.29, 0.717) is 17.4 Å². The van der Waals surface area contributed by atoms with E-state index in [1.807, 2.05) is 6.07 Å². The van der Waals surface area contributed by atoms with E-state index >= 15 is 0 Å². The number of thioether (sulfide) groups is 1. The molecule has 4 unspecified atom stereocenters. The third-order valence-corrected chi connectivity index (χ3v) is 6.22. The van der Waals surface area contributed by atoms with Gasteiger partial charge in [-0.1, -0.05) is 18.6 Å². The zero-order valence-electron chi connectivity index (χ0n) is 13.1. The van der Waals surface area contributed by atoms with Crippen molar-refractivity contribution >= 4 is 17.7 Å². The first-order valence-corrected chi connectivity index (χ1v) is 9.39. The molecular weight excluding hydrogens is 297 g/mol. The Labute approximate surface area is 136 Å². The first kappa shape index (κ1) is 15.9. The van der Waals surface area contributed by atoms with E-state index in [1.54, 1.807) is 17.8 Å². The van der Waals surface area contributed by atoms with E-state index in [2.05, 4.69) is 12.2 Å². The molecule has 1 aromatic carbocycles. The van der Waals surface area contributed by atoms with Crippen molar-refractivity contribution < 1.29 is 9.18 Å². The topological polar surface area (TPSA) is 29.1 Å². The number of carbonyl (C=O) groups excluding carboxylic acids is 1. The van der Waals surface area contributed by atoms with Gasteiger partial charge in [0.05, 0.1) is 5.75 Å². The predicted octanol–water partition coefficient (Wildman–Crippen LogP) is 4.00. The summed E-state index contributed by atoms with van der Waals surface area (Å²) < 4.78 is 13.1. The second-order valence-electron chi connectivity index (χ2n) is 6.82. The third kappa shape index (κ3) is 3.83. The van der Waals surface area contributed by atoms with Crippen LogP contribution in [0.5, 0.6) is 0 Å². The molecule has 3 rings (SSSR count). The molecule has 4 heteroatoms. The molecule has 120 valence electrons. The molecule has 4 atom stereocenters. The van der Waals surface area contributed by atoms with Crippen molar-refractivity contribution in [3.63, 3.8) is 0 Å². The van der Waals surface area contributed by atoms with Gasteiger partial charge in [0.1, 0.15) is 5.82 Å². The van der Waals surface area contributed by atoms with Gasteiger partial charge < -0.3 is 5.32 Å². The third-order valence-electron chi connectivity index (χ3n) is 5.21. The maximum absolute atomic E-state index is 13.1. The minimum atomic E-state index is -0.215. The van der Waals surface area contributed by atoms with Gasteiger partial charge in [-0.05, 0) is 61.6 Å². The standard InChI is InChI=1S/C18H24FNOS/c1-12(17-9-13-5-6-15(17)7-13)20-18(21)11-22-10-14-3-2-4-16(19)8-14/h2-4,8,12-13,15,17H,5-7,9-11H2,1H3,(H,20,21). The highest BCUT2D eigenvalue weighted by Crippen LogP contribution is 2.49. The van der Waals surface area contributed by atoms with Gasteiger partial charge in [-0.3, -0.25) is 4.79 Å². The molecule has 2 nitrogen and oxygen atoms in total. The summed E-state index contributed by atoms with van der Waals surface area (Å²) in [5.74, 6) is 3.44. The van der Waals surface area contributed by atoms with Crippen LogP contribution in [-0.4, -0.2) is 17.7 Å². The van der Waals surface area contributed by atoms with Crippen LogP contribution in [0, 0.1) is 23.6 Å². The minimum Gasteiger partial charge on any atom is -0.353 e. The molecule has 2 aliphatic carbocycles. The highest BCUT2D eigenvalue weighted by molar-refractivity contribution is 7.99. The van der Waals surface area contributed by atoms with Crippen molar-refractivity contribution in [1.82, 2.24) is 5.32 Å². The molecule has 2 fully saturated rings. The molecule has 0 radical (unpaired) electrons. The number of nitrogens with one attached hydrogen (secondary N) is 1. The van der Waals surface area contributed by atoms with Crippen LogP contribution in [0.3, 0.4) is 0 Å². The summed E-state index contributed by atoms with van der Waals surface area (Å²) in [4.78, 5) is 12.1. The Morgan fingerprint density at radius 1 is 1.41 bits per heavy atom. The lowest BCUT2D eigenvalue weighted by molar-refractivity contribution is -0.119. The van der Waals surface area contributed by atoms with Crippen molar-refractivity contribution in [2.75, 3.05) is 5.75 Å². The second-order valence-corrected chi connectivity index (χ2v) is 7.80. The lowest BCUT2D eigenvalue weighted by atomic mass is 9.84. The molecule has 1 N–H and O–H groups in total. The zero-order valence-corrected chi connectivity index (χ0v) is 13.9. The predicted molar refractivity (Wildman–Crippen MR) is 89.1 cm³/mol. The fraction of sp³-hybridized carbons (Fsp3) is 0.611. The van der Waals surface area contributed by atoms with Gasteiger partial charge in [-0.15, -0.1) is 11.8 Å². The molecule has 1 amide bonds. The number of benzene rings is 1. The van der Waals surface area contributed by atoms with Crippen molar-refractivity contribution in [2.24, 2.45) is 17.8 Å². The van der Waals surface area contributed by atoms with Crippen LogP contribution in [0.2, 0.25) is 0 Å².